The van der Waals surface area contributed by atoms with Gasteiger partial charge in [0.15, 0.2) is 5.78 Å². The maximum Gasteiger partial charge on any atom is 0.161 e. The molecule has 0 aromatic rings. The van der Waals surface area contributed by atoms with Gasteiger partial charge >= 0.3 is 0 Å². The van der Waals surface area contributed by atoms with Crippen LogP contribution in [0.3, 0.4) is 0 Å². The molecule has 1 atom stereocenters. The van der Waals surface area contributed by atoms with E-state index in [1.54, 1.807) is 13.8 Å². The Bertz CT molecular complexity index is 159. The van der Waals surface area contributed by atoms with Crippen LogP contribution in [0.25, 0.3) is 0 Å². The summed E-state index contributed by atoms with van der Waals surface area (Å²) in [6.07, 6.45) is 1.05. The zero-order chi connectivity index (χ0) is 8.15. The molecule has 0 radical (unpaired) electrons. The first kappa shape index (κ1) is 9.08. The molecule has 0 spiro atoms. The standard InChI is InChI=1S/C8H12O2/c1-6(2)8(10)7(3)4-5-9/h5,7H,1,4H2,2-3H3. The molecule has 0 rings (SSSR count). The van der Waals surface area contributed by atoms with Crippen LogP contribution in [-0.2, 0) is 9.59 Å². The molecule has 1 unspecified atom stereocenters. The number of Topliss-reactive ketones (excluding diaryl/α,β-unsaturated/α-hetero) is 1. The van der Waals surface area contributed by atoms with Gasteiger partial charge in [0, 0.05) is 12.3 Å². The number of hydrogen-bond donors (Lipinski definition) is 0. The molecule has 0 bridgehead atoms. The highest BCUT2D eigenvalue weighted by molar-refractivity contribution is 5.96. The van der Waals surface area contributed by atoms with Crippen LogP contribution in [0.15, 0.2) is 12.2 Å². The summed E-state index contributed by atoms with van der Waals surface area (Å²) in [6.45, 7) is 6.88. The number of rotatable bonds is 4. The molecule has 0 aliphatic heterocycles. The highest BCUT2D eigenvalue weighted by atomic mass is 16.1. The van der Waals surface area contributed by atoms with E-state index in [-0.39, 0.29) is 11.7 Å². The van der Waals surface area contributed by atoms with E-state index in [4.69, 9.17) is 0 Å². The van der Waals surface area contributed by atoms with Gasteiger partial charge in [-0.25, -0.2) is 0 Å². The van der Waals surface area contributed by atoms with E-state index in [1.807, 2.05) is 0 Å². The van der Waals surface area contributed by atoms with Crippen molar-refractivity contribution in [2.24, 2.45) is 5.92 Å². The molecule has 0 N–H and O–H groups in total. The fourth-order valence-electron chi connectivity index (χ4n) is 0.672. The molecular formula is C8H12O2. The summed E-state index contributed by atoms with van der Waals surface area (Å²) in [6, 6.07) is 0. The van der Waals surface area contributed by atoms with Crippen LogP contribution in [-0.4, -0.2) is 12.1 Å². The van der Waals surface area contributed by atoms with Crippen LogP contribution < -0.4 is 0 Å². The van der Waals surface area contributed by atoms with Gasteiger partial charge in [0.05, 0.1) is 0 Å². The van der Waals surface area contributed by atoms with Crippen molar-refractivity contribution < 1.29 is 9.59 Å². The monoisotopic (exact) mass is 140 g/mol. The van der Waals surface area contributed by atoms with E-state index in [1.165, 1.54) is 0 Å². The average molecular weight is 140 g/mol. The summed E-state index contributed by atoms with van der Waals surface area (Å²) in [5.41, 5.74) is 0.523. The molecular weight excluding hydrogens is 128 g/mol. The number of aldehydes is 1. The Labute approximate surface area is 60.9 Å². The summed E-state index contributed by atoms with van der Waals surface area (Å²) in [5, 5.41) is 0. The molecule has 0 heterocycles. The summed E-state index contributed by atoms with van der Waals surface area (Å²) < 4.78 is 0. The first-order valence-electron chi connectivity index (χ1n) is 3.23. The van der Waals surface area contributed by atoms with Crippen LogP contribution in [0, 0.1) is 5.92 Å². The second kappa shape index (κ2) is 3.99. The first-order valence-corrected chi connectivity index (χ1v) is 3.23. The molecule has 2 heteroatoms. The topological polar surface area (TPSA) is 34.1 Å². The van der Waals surface area contributed by atoms with Gasteiger partial charge in [0.25, 0.3) is 0 Å². The van der Waals surface area contributed by atoms with Crippen LogP contribution in [0.4, 0.5) is 0 Å². The highest BCUT2D eigenvalue weighted by Gasteiger charge is 2.11. The van der Waals surface area contributed by atoms with E-state index in [0.29, 0.717) is 12.0 Å². The van der Waals surface area contributed by atoms with Gasteiger partial charge in [-0.2, -0.15) is 0 Å². The zero-order valence-electron chi connectivity index (χ0n) is 6.39. The van der Waals surface area contributed by atoms with E-state index < -0.39 is 0 Å². The van der Waals surface area contributed by atoms with Gasteiger partial charge in [0.1, 0.15) is 6.29 Å². The van der Waals surface area contributed by atoms with E-state index in [0.717, 1.165) is 6.29 Å². The third kappa shape index (κ3) is 2.58. The SMILES string of the molecule is C=C(C)C(=O)C(C)CC=O. The van der Waals surface area contributed by atoms with E-state index in [9.17, 15) is 9.59 Å². The number of ketones is 1. The van der Waals surface area contributed by atoms with Gasteiger partial charge in [-0.15, -0.1) is 0 Å². The molecule has 0 aromatic carbocycles. The highest BCUT2D eigenvalue weighted by Crippen LogP contribution is 2.06. The lowest BCUT2D eigenvalue weighted by Gasteiger charge is -2.03. The Morgan fingerprint density at radius 3 is 2.50 bits per heavy atom. The third-order valence-electron chi connectivity index (χ3n) is 1.32. The quantitative estimate of drug-likeness (QED) is 0.436. The van der Waals surface area contributed by atoms with Crippen molar-refractivity contribution in [3.63, 3.8) is 0 Å². The van der Waals surface area contributed by atoms with Crippen LogP contribution >= 0.6 is 0 Å². The summed E-state index contributed by atoms with van der Waals surface area (Å²) in [4.78, 5) is 20.9. The fourth-order valence-corrected chi connectivity index (χ4v) is 0.672. The molecule has 0 aromatic heterocycles. The van der Waals surface area contributed by atoms with E-state index >= 15 is 0 Å². The van der Waals surface area contributed by atoms with Gasteiger partial charge < -0.3 is 4.79 Å². The average Bonchev–Trinajstić information content (AvgIpc) is 1.87. The smallest absolute Gasteiger partial charge is 0.161 e. The van der Waals surface area contributed by atoms with Crippen molar-refractivity contribution in [1.29, 1.82) is 0 Å². The predicted molar refractivity (Wildman–Crippen MR) is 39.7 cm³/mol. The van der Waals surface area contributed by atoms with Gasteiger partial charge in [-0.1, -0.05) is 13.5 Å². The Hall–Kier alpha value is -0.920. The third-order valence-corrected chi connectivity index (χ3v) is 1.32. The summed E-state index contributed by atoms with van der Waals surface area (Å²) in [5.74, 6) is -0.220. The fraction of sp³-hybridized carbons (Fsp3) is 0.500. The van der Waals surface area contributed by atoms with Crippen molar-refractivity contribution in [2.75, 3.05) is 0 Å². The Balaban J connectivity index is 3.94. The van der Waals surface area contributed by atoms with Gasteiger partial charge in [-0.3, -0.25) is 4.79 Å². The van der Waals surface area contributed by atoms with Crippen LogP contribution in [0.1, 0.15) is 20.3 Å². The Morgan fingerprint density at radius 2 is 2.20 bits per heavy atom. The number of hydrogen-bond acceptors (Lipinski definition) is 2. The molecule has 10 heavy (non-hydrogen) atoms. The number of carbonyl (C=O) groups is 2. The lowest BCUT2D eigenvalue weighted by molar-refractivity contribution is -0.121. The van der Waals surface area contributed by atoms with Crippen molar-refractivity contribution in [3.05, 3.63) is 12.2 Å². The minimum Gasteiger partial charge on any atom is -0.303 e. The van der Waals surface area contributed by atoms with Crippen LogP contribution in [0.5, 0.6) is 0 Å². The van der Waals surface area contributed by atoms with Crippen molar-refractivity contribution in [1.82, 2.24) is 0 Å². The molecule has 56 valence electrons. The molecule has 0 saturated carbocycles. The first-order chi connectivity index (χ1) is 4.59. The van der Waals surface area contributed by atoms with Crippen LogP contribution in [0.2, 0.25) is 0 Å². The maximum absolute atomic E-state index is 11.0. The maximum atomic E-state index is 11.0. The van der Waals surface area contributed by atoms with Gasteiger partial charge in [-0.05, 0) is 12.5 Å². The lowest BCUT2D eigenvalue weighted by atomic mass is 9.99. The minimum absolute atomic E-state index is 0.0212. The Kier molecular flexibility index (Phi) is 3.62. The summed E-state index contributed by atoms with van der Waals surface area (Å²) in [7, 11) is 0. The van der Waals surface area contributed by atoms with E-state index in [2.05, 4.69) is 6.58 Å². The molecule has 2 nitrogen and oxygen atoms in total. The number of allylic oxidation sites excluding steroid dienone is 1. The molecule has 0 fully saturated rings. The normalized spacial score (nSPS) is 12.2. The molecule has 0 aliphatic carbocycles. The zero-order valence-corrected chi connectivity index (χ0v) is 6.39. The minimum atomic E-state index is -0.199. The van der Waals surface area contributed by atoms with Crippen molar-refractivity contribution in [2.45, 2.75) is 20.3 Å². The van der Waals surface area contributed by atoms with Gasteiger partial charge in [0.2, 0.25) is 0 Å². The molecule has 0 saturated heterocycles. The second-order valence-electron chi connectivity index (χ2n) is 2.45. The molecule has 0 amide bonds. The summed E-state index contributed by atoms with van der Waals surface area (Å²) >= 11 is 0. The van der Waals surface area contributed by atoms with Crippen molar-refractivity contribution >= 4 is 12.1 Å². The number of carbonyl (C=O) groups excluding carboxylic acids is 2. The second-order valence-corrected chi connectivity index (χ2v) is 2.45. The Morgan fingerprint density at radius 1 is 1.70 bits per heavy atom. The van der Waals surface area contributed by atoms with Crippen molar-refractivity contribution in [3.8, 4) is 0 Å². The predicted octanol–water partition coefficient (Wildman–Crippen LogP) is 1.36. The lowest BCUT2D eigenvalue weighted by Crippen LogP contribution is -2.11. The molecule has 0 aliphatic rings. The largest absolute Gasteiger partial charge is 0.303 e.